The fourth-order valence-corrected chi connectivity index (χ4v) is 4.34. The topological polar surface area (TPSA) is 68.2 Å². The van der Waals surface area contributed by atoms with Gasteiger partial charge in [0.2, 0.25) is 0 Å². The van der Waals surface area contributed by atoms with Crippen molar-refractivity contribution in [1.29, 1.82) is 0 Å². The van der Waals surface area contributed by atoms with Crippen LogP contribution in [-0.2, 0) is 0 Å². The molecule has 2 aromatic carbocycles. The van der Waals surface area contributed by atoms with E-state index in [9.17, 15) is 0 Å². The number of hydrogen-bond donors (Lipinski definition) is 2. The Labute approximate surface area is 190 Å². The summed E-state index contributed by atoms with van der Waals surface area (Å²) in [6.07, 6.45) is 8.13. The zero-order valence-corrected chi connectivity index (χ0v) is 20.0. The third-order valence-electron chi connectivity index (χ3n) is 5.15. The number of halogens is 1. The van der Waals surface area contributed by atoms with Gasteiger partial charge in [-0.1, -0.05) is 62.0 Å². The Morgan fingerprint density at radius 1 is 0.967 bits per heavy atom. The molecule has 3 aromatic rings. The van der Waals surface area contributed by atoms with E-state index in [2.05, 4.69) is 42.8 Å². The smallest absolute Gasteiger partial charge is 0.181 e. The van der Waals surface area contributed by atoms with E-state index in [4.69, 9.17) is 23.1 Å². The number of anilines is 3. The molecule has 4 nitrogen and oxygen atoms in total. The Morgan fingerprint density at radius 3 is 2.40 bits per heavy atom. The van der Waals surface area contributed by atoms with Gasteiger partial charge in [0.15, 0.2) is 5.13 Å². The maximum Gasteiger partial charge on any atom is 0.181 e. The van der Waals surface area contributed by atoms with Crippen LogP contribution in [0.3, 0.4) is 0 Å². The number of rotatable bonds is 9. The molecule has 0 amide bonds. The number of nitrogens with two attached hydrogens (primary N) is 2. The molecule has 0 bridgehead atoms. The van der Waals surface area contributed by atoms with Gasteiger partial charge < -0.3 is 16.4 Å². The fraction of sp³-hybridized carbons (Fsp3) is 0.458. The first-order valence-corrected chi connectivity index (χ1v) is 12.1. The number of nitrogens with zero attached hydrogens (tertiary/aromatic N) is 2. The standard InChI is InChI=1S/C17H30N2.C7H5ClN2S/c1-4-6-7-8-9-10-13-19(5-2)16-11-12-17(18)15(3)14-16;8-4-1-2-5-6(3-4)11-7(9)10-5/h11-12,14H,4-10,13,18H2,1-3H3;1-3H,(H2,9,10). The van der Waals surface area contributed by atoms with E-state index in [0.29, 0.717) is 5.13 Å². The highest BCUT2D eigenvalue weighted by Gasteiger charge is 2.05. The van der Waals surface area contributed by atoms with Gasteiger partial charge in [-0.15, -0.1) is 0 Å². The van der Waals surface area contributed by atoms with Crippen molar-refractivity contribution in [2.24, 2.45) is 0 Å². The van der Waals surface area contributed by atoms with Gasteiger partial charge in [0, 0.05) is 29.5 Å². The average Bonchev–Trinajstić information content (AvgIpc) is 3.09. The summed E-state index contributed by atoms with van der Waals surface area (Å²) >= 11 is 7.21. The zero-order valence-electron chi connectivity index (χ0n) is 18.5. The number of unbranched alkanes of at least 4 members (excludes halogenated alkanes) is 5. The molecule has 30 heavy (non-hydrogen) atoms. The molecule has 0 saturated carbocycles. The van der Waals surface area contributed by atoms with Gasteiger partial charge in [-0.25, -0.2) is 4.98 Å². The summed E-state index contributed by atoms with van der Waals surface area (Å²) in [4.78, 5) is 6.54. The van der Waals surface area contributed by atoms with E-state index in [1.54, 1.807) is 0 Å². The SMILES string of the molecule is CCCCCCCCN(CC)c1ccc(N)c(C)c1.Nc1nc2ccc(Cl)cc2s1. The highest BCUT2D eigenvalue weighted by Crippen LogP contribution is 2.26. The van der Waals surface area contributed by atoms with Crippen LogP contribution in [0.2, 0.25) is 5.02 Å². The second-order valence-electron chi connectivity index (χ2n) is 7.55. The number of benzene rings is 2. The summed E-state index contributed by atoms with van der Waals surface area (Å²) in [7, 11) is 0. The van der Waals surface area contributed by atoms with Crippen molar-refractivity contribution in [2.75, 3.05) is 29.5 Å². The average molecular weight is 447 g/mol. The van der Waals surface area contributed by atoms with E-state index >= 15 is 0 Å². The first-order chi connectivity index (χ1) is 14.4. The van der Waals surface area contributed by atoms with Crippen LogP contribution < -0.4 is 16.4 Å². The molecule has 0 fully saturated rings. The van der Waals surface area contributed by atoms with Crippen LogP contribution in [0.25, 0.3) is 10.2 Å². The molecular weight excluding hydrogens is 412 g/mol. The first kappa shape index (κ1) is 24.3. The Kier molecular flexibility index (Phi) is 10.2. The van der Waals surface area contributed by atoms with Crippen molar-refractivity contribution in [3.63, 3.8) is 0 Å². The summed E-state index contributed by atoms with van der Waals surface area (Å²) in [5.74, 6) is 0. The number of hydrogen-bond acceptors (Lipinski definition) is 5. The van der Waals surface area contributed by atoms with Gasteiger partial charge in [0.1, 0.15) is 0 Å². The van der Waals surface area contributed by atoms with E-state index in [-0.39, 0.29) is 0 Å². The van der Waals surface area contributed by atoms with E-state index in [1.165, 1.54) is 61.1 Å². The summed E-state index contributed by atoms with van der Waals surface area (Å²) < 4.78 is 1.04. The van der Waals surface area contributed by atoms with Gasteiger partial charge >= 0.3 is 0 Å². The van der Waals surface area contributed by atoms with Crippen molar-refractivity contribution < 1.29 is 0 Å². The summed E-state index contributed by atoms with van der Waals surface area (Å²) in [6, 6.07) is 11.9. The van der Waals surface area contributed by atoms with Crippen molar-refractivity contribution in [3.8, 4) is 0 Å². The molecule has 3 rings (SSSR count). The Bertz CT molecular complexity index is 909. The predicted octanol–water partition coefficient (Wildman–Crippen LogP) is 7.30. The molecule has 0 aliphatic heterocycles. The minimum absolute atomic E-state index is 0.585. The van der Waals surface area contributed by atoms with Gasteiger partial charge in [-0.05, 0) is 62.2 Å². The fourth-order valence-electron chi connectivity index (χ4n) is 3.33. The molecule has 4 N–H and O–H groups in total. The minimum atomic E-state index is 0.585. The Morgan fingerprint density at radius 2 is 1.70 bits per heavy atom. The molecule has 0 saturated heterocycles. The quantitative estimate of drug-likeness (QED) is 0.267. The maximum atomic E-state index is 5.88. The molecule has 1 aromatic heterocycles. The highest BCUT2D eigenvalue weighted by atomic mass is 35.5. The lowest BCUT2D eigenvalue weighted by Crippen LogP contribution is -2.24. The zero-order chi connectivity index (χ0) is 21.9. The van der Waals surface area contributed by atoms with Crippen LogP contribution in [0, 0.1) is 6.92 Å². The summed E-state index contributed by atoms with van der Waals surface area (Å²) in [5, 5.41) is 1.31. The molecule has 0 aliphatic rings. The number of nitrogen functional groups attached to an aromatic ring is 2. The first-order valence-electron chi connectivity index (χ1n) is 10.9. The molecule has 0 unspecified atom stereocenters. The van der Waals surface area contributed by atoms with Crippen LogP contribution in [-0.4, -0.2) is 18.1 Å². The van der Waals surface area contributed by atoms with Crippen molar-refractivity contribution in [3.05, 3.63) is 47.0 Å². The number of aryl methyl sites for hydroxylation is 1. The van der Waals surface area contributed by atoms with Crippen LogP contribution in [0.1, 0.15) is 57.9 Å². The lowest BCUT2D eigenvalue weighted by molar-refractivity contribution is 0.601. The molecule has 1 heterocycles. The van der Waals surface area contributed by atoms with Crippen molar-refractivity contribution in [2.45, 2.75) is 59.3 Å². The van der Waals surface area contributed by atoms with E-state index in [0.717, 1.165) is 34.0 Å². The molecule has 0 atom stereocenters. The Hall–Kier alpha value is -1.98. The Balaban J connectivity index is 0.000000244. The molecular formula is C24H35ClN4S. The van der Waals surface area contributed by atoms with E-state index in [1.807, 2.05) is 24.3 Å². The third kappa shape index (κ3) is 7.69. The van der Waals surface area contributed by atoms with Crippen molar-refractivity contribution >= 4 is 49.7 Å². The normalized spacial score (nSPS) is 10.7. The van der Waals surface area contributed by atoms with Crippen LogP contribution in [0.5, 0.6) is 0 Å². The molecule has 0 aliphatic carbocycles. The summed E-state index contributed by atoms with van der Waals surface area (Å²) in [6.45, 7) is 8.80. The largest absolute Gasteiger partial charge is 0.399 e. The van der Waals surface area contributed by atoms with Gasteiger partial charge in [0.05, 0.1) is 10.2 Å². The maximum absolute atomic E-state index is 5.88. The second-order valence-corrected chi connectivity index (χ2v) is 9.05. The van der Waals surface area contributed by atoms with Crippen LogP contribution in [0.15, 0.2) is 36.4 Å². The number of fused-ring (bicyclic) bond motifs is 1. The third-order valence-corrected chi connectivity index (χ3v) is 6.23. The van der Waals surface area contributed by atoms with Gasteiger partial charge in [-0.2, -0.15) is 0 Å². The van der Waals surface area contributed by atoms with Crippen LogP contribution >= 0.6 is 22.9 Å². The predicted molar refractivity (Wildman–Crippen MR) is 136 cm³/mol. The molecule has 0 spiro atoms. The van der Waals surface area contributed by atoms with Gasteiger partial charge in [-0.3, -0.25) is 0 Å². The minimum Gasteiger partial charge on any atom is -0.399 e. The summed E-state index contributed by atoms with van der Waals surface area (Å²) in [5.41, 5.74) is 15.7. The van der Waals surface area contributed by atoms with Crippen LogP contribution in [0.4, 0.5) is 16.5 Å². The monoisotopic (exact) mass is 446 g/mol. The number of thiazole rings is 1. The van der Waals surface area contributed by atoms with E-state index < -0.39 is 0 Å². The second kappa shape index (κ2) is 12.7. The lowest BCUT2D eigenvalue weighted by atomic mass is 10.1. The highest BCUT2D eigenvalue weighted by molar-refractivity contribution is 7.22. The molecule has 0 radical (unpaired) electrons. The number of aromatic nitrogens is 1. The lowest BCUT2D eigenvalue weighted by Gasteiger charge is -2.24. The molecule has 6 heteroatoms. The molecule has 164 valence electrons. The van der Waals surface area contributed by atoms with Gasteiger partial charge in [0.25, 0.3) is 0 Å². The van der Waals surface area contributed by atoms with Crippen molar-refractivity contribution in [1.82, 2.24) is 4.98 Å².